The molecule has 1 N–H and O–H groups in total. The highest BCUT2D eigenvalue weighted by Crippen LogP contribution is 2.28. The van der Waals surface area contributed by atoms with Gasteiger partial charge >= 0.3 is 0 Å². The van der Waals surface area contributed by atoms with Crippen LogP contribution in [0.2, 0.25) is 0 Å². The number of amides is 1. The third kappa shape index (κ3) is 3.77. The number of hydrogen-bond donors (Lipinski definition) is 1. The second-order valence-corrected chi connectivity index (χ2v) is 6.60. The van der Waals surface area contributed by atoms with Crippen LogP contribution in [0.5, 0.6) is 11.5 Å². The number of aryl methyl sites for hydroxylation is 1. The number of carbonyl (C=O) groups is 1. The Bertz CT molecular complexity index is 758. The maximum absolute atomic E-state index is 12.6. The zero-order valence-corrected chi connectivity index (χ0v) is 14.9. The van der Waals surface area contributed by atoms with Crippen molar-refractivity contribution in [3.05, 3.63) is 53.6 Å². The van der Waals surface area contributed by atoms with E-state index in [2.05, 4.69) is 11.8 Å². The molecular formula is C20H24N2O3. The number of hydrogen-bond acceptors (Lipinski definition) is 4. The van der Waals surface area contributed by atoms with E-state index in [0.717, 1.165) is 11.3 Å². The number of aromatic hydroxyl groups is 1. The first-order chi connectivity index (χ1) is 12.0. The molecule has 0 unspecified atom stereocenters. The van der Waals surface area contributed by atoms with Gasteiger partial charge in [-0.1, -0.05) is 23.8 Å². The van der Waals surface area contributed by atoms with Crippen LogP contribution in [0, 0.1) is 6.92 Å². The van der Waals surface area contributed by atoms with E-state index in [4.69, 9.17) is 4.74 Å². The molecule has 1 heterocycles. The second kappa shape index (κ2) is 7.15. The number of phenols is 1. The van der Waals surface area contributed by atoms with E-state index in [-0.39, 0.29) is 17.7 Å². The summed E-state index contributed by atoms with van der Waals surface area (Å²) in [5.74, 6) is 0.675. The Morgan fingerprint density at radius 3 is 2.56 bits per heavy atom. The summed E-state index contributed by atoms with van der Waals surface area (Å²) in [5, 5.41) is 9.93. The van der Waals surface area contributed by atoms with Crippen molar-refractivity contribution in [3.63, 3.8) is 0 Å². The number of phenolic OH excluding ortho intramolecular Hbond substituents is 1. The minimum atomic E-state index is 0.0969. The van der Waals surface area contributed by atoms with Crippen LogP contribution in [-0.4, -0.2) is 42.2 Å². The molecule has 2 aromatic rings. The fraction of sp³-hybridized carbons (Fsp3) is 0.350. The SMILES string of the molecule is COc1ccc(CN2CC(=O)N(c3ccc(C)cc3)C[C@@H]2C)cc1O. The molecule has 1 fully saturated rings. The van der Waals surface area contributed by atoms with Crippen molar-refractivity contribution in [1.82, 2.24) is 4.90 Å². The van der Waals surface area contributed by atoms with E-state index in [1.54, 1.807) is 12.1 Å². The molecule has 1 aliphatic rings. The van der Waals surface area contributed by atoms with Gasteiger partial charge < -0.3 is 14.7 Å². The van der Waals surface area contributed by atoms with Crippen molar-refractivity contribution in [2.24, 2.45) is 0 Å². The fourth-order valence-electron chi connectivity index (χ4n) is 3.15. The Hall–Kier alpha value is -2.53. The highest BCUT2D eigenvalue weighted by molar-refractivity contribution is 5.95. The number of nitrogens with zero attached hydrogens (tertiary/aromatic N) is 2. The van der Waals surface area contributed by atoms with Gasteiger partial charge in [0.25, 0.3) is 0 Å². The summed E-state index contributed by atoms with van der Waals surface area (Å²) >= 11 is 0. The Morgan fingerprint density at radius 1 is 1.20 bits per heavy atom. The van der Waals surface area contributed by atoms with Gasteiger partial charge in [-0.25, -0.2) is 0 Å². The van der Waals surface area contributed by atoms with Gasteiger partial charge in [0, 0.05) is 24.8 Å². The van der Waals surface area contributed by atoms with Crippen LogP contribution in [0.15, 0.2) is 42.5 Å². The van der Waals surface area contributed by atoms with Crippen LogP contribution < -0.4 is 9.64 Å². The molecule has 0 aliphatic carbocycles. The molecule has 132 valence electrons. The lowest BCUT2D eigenvalue weighted by atomic mass is 10.1. The number of anilines is 1. The number of ether oxygens (including phenoxy) is 1. The van der Waals surface area contributed by atoms with Crippen LogP contribution >= 0.6 is 0 Å². The van der Waals surface area contributed by atoms with E-state index >= 15 is 0 Å². The molecule has 2 aromatic carbocycles. The Balaban J connectivity index is 1.71. The quantitative estimate of drug-likeness (QED) is 0.930. The predicted octanol–water partition coefficient (Wildman–Crippen LogP) is 2.95. The largest absolute Gasteiger partial charge is 0.504 e. The van der Waals surface area contributed by atoms with Crippen LogP contribution in [0.3, 0.4) is 0 Å². The van der Waals surface area contributed by atoms with E-state index < -0.39 is 0 Å². The van der Waals surface area contributed by atoms with Gasteiger partial charge in [-0.15, -0.1) is 0 Å². The highest BCUT2D eigenvalue weighted by atomic mass is 16.5. The molecule has 0 bridgehead atoms. The van der Waals surface area contributed by atoms with Gasteiger partial charge in [0.2, 0.25) is 5.91 Å². The molecular weight excluding hydrogens is 316 g/mol. The van der Waals surface area contributed by atoms with E-state index in [0.29, 0.717) is 25.4 Å². The number of benzene rings is 2. The standard InChI is InChI=1S/C20H24N2O3/c1-14-4-7-17(8-5-14)22-11-15(2)21(13-20(22)24)12-16-6-9-19(25-3)18(23)10-16/h4-10,15,23H,11-13H2,1-3H3/t15-/m0/s1. The lowest BCUT2D eigenvalue weighted by molar-refractivity contribution is -0.122. The Morgan fingerprint density at radius 2 is 1.92 bits per heavy atom. The normalized spacial score (nSPS) is 18.4. The molecule has 0 radical (unpaired) electrons. The average Bonchev–Trinajstić information content (AvgIpc) is 2.59. The molecule has 0 saturated carbocycles. The van der Waals surface area contributed by atoms with Gasteiger partial charge in [-0.05, 0) is 43.7 Å². The van der Waals surface area contributed by atoms with Crippen molar-refractivity contribution in [1.29, 1.82) is 0 Å². The monoisotopic (exact) mass is 340 g/mol. The first-order valence-electron chi connectivity index (χ1n) is 8.45. The topological polar surface area (TPSA) is 53.0 Å². The average molecular weight is 340 g/mol. The van der Waals surface area contributed by atoms with Gasteiger partial charge in [0.1, 0.15) is 0 Å². The summed E-state index contributed by atoms with van der Waals surface area (Å²) in [6.07, 6.45) is 0. The third-order valence-electron chi connectivity index (χ3n) is 4.68. The van der Waals surface area contributed by atoms with Gasteiger partial charge in [0.15, 0.2) is 11.5 Å². The first-order valence-corrected chi connectivity index (χ1v) is 8.45. The number of methoxy groups -OCH3 is 1. The summed E-state index contributed by atoms with van der Waals surface area (Å²) in [6, 6.07) is 13.6. The summed E-state index contributed by atoms with van der Waals surface area (Å²) in [4.78, 5) is 16.6. The molecule has 1 atom stereocenters. The zero-order valence-electron chi connectivity index (χ0n) is 14.9. The van der Waals surface area contributed by atoms with Crippen molar-refractivity contribution in [2.75, 3.05) is 25.1 Å². The van der Waals surface area contributed by atoms with Crippen LogP contribution in [-0.2, 0) is 11.3 Å². The van der Waals surface area contributed by atoms with E-state index in [1.165, 1.54) is 12.7 Å². The third-order valence-corrected chi connectivity index (χ3v) is 4.68. The Kier molecular flexibility index (Phi) is 4.95. The summed E-state index contributed by atoms with van der Waals surface area (Å²) in [5.41, 5.74) is 3.09. The Labute approximate surface area is 148 Å². The minimum absolute atomic E-state index is 0.0969. The van der Waals surface area contributed by atoms with Crippen molar-refractivity contribution in [2.45, 2.75) is 26.4 Å². The molecule has 5 nitrogen and oxygen atoms in total. The molecule has 1 amide bonds. The second-order valence-electron chi connectivity index (χ2n) is 6.60. The maximum Gasteiger partial charge on any atom is 0.241 e. The molecule has 0 aromatic heterocycles. The van der Waals surface area contributed by atoms with Gasteiger partial charge in [-0.3, -0.25) is 9.69 Å². The number of rotatable bonds is 4. The molecule has 25 heavy (non-hydrogen) atoms. The maximum atomic E-state index is 12.6. The molecule has 5 heteroatoms. The van der Waals surface area contributed by atoms with E-state index in [9.17, 15) is 9.90 Å². The lowest BCUT2D eigenvalue weighted by Gasteiger charge is -2.39. The van der Waals surface area contributed by atoms with Gasteiger partial charge in [-0.2, -0.15) is 0 Å². The predicted molar refractivity (Wildman–Crippen MR) is 98.1 cm³/mol. The van der Waals surface area contributed by atoms with Crippen molar-refractivity contribution >= 4 is 11.6 Å². The molecule has 1 saturated heterocycles. The van der Waals surface area contributed by atoms with Crippen molar-refractivity contribution < 1.29 is 14.6 Å². The minimum Gasteiger partial charge on any atom is -0.504 e. The summed E-state index contributed by atoms with van der Waals surface area (Å²) in [6.45, 7) is 5.80. The first kappa shape index (κ1) is 17.3. The summed E-state index contributed by atoms with van der Waals surface area (Å²) < 4.78 is 5.08. The van der Waals surface area contributed by atoms with E-state index in [1.807, 2.05) is 42.2 Å². The fourth-order valence-corrected chi connectivity index (χ4v) is 3.15. The molecule has 1 aliphatic heterocycles. The summed E-state index contributed by atoms with van der Waals surface area (Å²) in [7, 11) is 1.53. The molecule has 0 spiro atoms. The molecule has 3 rings (SSSR count). The number of carbonyl (C=O) groups excluding carboxylic acids is 1. The van der Waals surface area contributed by atoms with Gasteiger partial charge in [0.05, 0.1) is 13.7 Å². The zero-order chi connectivity index (χ0) is 18.0. The van der Waals surface area contributed by atoms with Crippen LogP contribution in [0.1, 0.15) is 18.1 Å². The van der Waals surface area contributed by atoms with Crippen molar-refractivity contribution in [3.8, 4) is 11.5 Å². The lowest BCUT2D eigenvalue weighted by Crippen LogP contribution is -2.54. The highest BCUT2D eigenvalue weighted by Gasteiger charge is 2.30. The smallest absolute Gasteiger partial charge is 0.241 e. The number of piperazine rings is 1. The van der Waals surface area contributed by atoms with Crippen LogP contribution in [0.25, 0.3) is 0 Å². The van der Waals surface area contributed by atoms with Crippen LogP contribution in [0.4, 0.5) is 5.69 Å².